The zero-order valence-electron chi connectivity index (χ0n) is 16.1. The number of aromatic nitrogens is 1. The molecule has 1 aliphatic rings. The molecule has 0 bridgehead atoms. The van der Waals surface area contributed by atoms with Gasteiger partial charge in [0.2, 0.25) is 5.78 Å². The summed E-state index contributed by atoms with van der Waals surface area (Å²) >= 11 is 5.99. The Morgan fingerprint density at radius 3 is 2.54 bits per heavy atom. The summed E-state index contributed by atoms with van der Waals surface area (Å²) in [6.07, 6.45) is 2.25. The number of esters is 1. The van der Waals surface area contributed by atoms with Gasteiger partial charge in [0.15, 0.2) is 6.61 Å². The van der Waals surface area contributed by atoms with E-state index in [9.17, 15) is 14.4 Å². The van der Waals surface area contributed by atoms with E-state index in [1.165, 1.54) is 6.92 Å². The Morgan fingerprint density at radius 1 is 1.21 bits per heavy atom. The molecule has 1 N–H and O–H groups in total. The van der Waals surface area contributed by atoms with E-state index in [2.05, 4.69) is 9.88 Å². The van der Waals surface area contributed by atoms with E-state index in [1.54, 1.807) is 24.3 Å². The maximum Gasteiger partial charge on any atom is 0.328 e. The molecule has 0 spiro atoms. The number of aryl methyl sites for hydroxylation is 1. The van der Waals surface area contributed by atoms with Gasteiger partial charge in [0.1, 0.15) is 6.04 Å². The first-order chi connectivity index (χ1) is 13.3. The van der Waals surface area contributed by atoms with Gasteiger partial charge in [-0.3, -0.25) is 9.59 Å². The van der Waals surface area contributed by atoms with E-state index < -0.39 is 17.9 Å². The van der Waals surface area contributed by atoms with Gasteiger partial charge in [-0.15, -0.1) is 0 Å². The van der Waals surface area contributed by atoms with Gasteiger partial charge in [-0.2, -0.15) is 0 Å². The Morgan fingerprint density at radius 2 is 1.89 bits per heavy atom. The highest BCUT2D eigenvalue weighted by Gasteiger charge is 2.29. The van der Waals surface area contributed by atoms with Gasteiger partial charge in [-0.1, -0.05) is 23.7 Å². The van der Waals surface area contributed by atoms with Crippen LogP contribution in [0.5, 0.6) is 0 Å². The molecule has 3 rings (SSSR count). The average molecular weight is 403 g/mol. The van der Waals surface area contributed by atoms with Crippen molar-refractivity contribution in [1.29, 1.82) is 0 Å². The quantitative estimate of drug-likeness (QED) is 0.566. The Kier molecular flexibility index (Phi) is 5.89. The van der Waals surface area contributed by atoms with Crippen LogP contribution in [0.15, 0.2) is 30.3 Å². The minimum Gasteiger partial charge on any atom is -0.456 e. The number of ether oxygens (including phenoxy) is 1. The molecule has 1 saturated carbocycles. The third-order valence-corrected chi connectivity index (χ3v) is 5.19. The number of nitrogens with zero attached hydrogens (tertiary/aromatic N) is 1. The SMILES string of the molecule is Cc1cc(C(=O)COC(=O)C(C)NC(=O)c2ccccc2Cl)c(C)n1C1CC1. The third kappa shape index (κ3) is 4.28. The summed E-state index contributed by atoms with van der Waals surface area (Å²) in [7, 11) is 0. The summed E-state index contributed by atoms with van der Waals surface area (Å²) in [5.74, 6) is -1.41. The lowest BCUT2D eigenvalue weighted by Gasteiger charge is -2.14. The predicted molar refractivity (Wildman–Crippen MR) is 106 cm³/mol. The fraction of sp³-hybridized carbons (Fsp3) is 0.381. The zero-order valence-corrected chi connectivity index (χ0v) is 16.9. The number of hydrogen-bond donors (Lipinski definition) is 1. The molecule has 1 heterocycles. The van der Waals surface area contributed by atoms with E-state index >= 15 is 0 Å². The number of halogens is 1. The molecule has 7 heteroatoms. The zero-order chi connectivity index (χ0) is 20.4. The van der Waals surface area contributed by atoms with E-state index in [0.717, 1.165) is 24.2 Å². The largest absolute Gasteiger partial charge is 0.456 e. The van der Waals surface area contributed by atoms with Gasteiger partial charge in [0.25, 0.3) is 5.91 Å². The second-order valence-electron chi connectivity index (χ2n) is 7.09. The van der Waals surface area contributed by atoms with Crippen molar-refractivity contribution in [2.75, 3.05) is 6.61 Å². The van der Waals surface area contributed by atoms with Crippen LogP contribution in [0.25, 0.3) is 0 Å². The van der Waals surface area contributed by atoms with Crippen molar-refractivity contribution in [2.24, 2.45) is 0 Å². The number of carbonyl (C=O) groups is 3. The molecule has 1 fully saturated rings. The van der Waals surface area contributed by atoms with E-state index in [0.29, 0.717) is 16.6 Å². The van der Waals surface area contributed by atoms with E-state index in [-0.39, 0.29) is 18.0 Å². The Labute approximate surface area is 168 Å². The number of hydrogen-bond acceptors (Lipinski definition) is 4. The van der Waals surface area contributed by atoms with Crippen molar-refractivity contribution in [1.82, 2.24) is 9.88 Å². The average Bonchev–Trinajstić information content (AvgIpc) is 3.44. The first-order valence-electron chi connectivity index (χ1n) is 9.23. The lowest BCUT2D eigenvalue weighted by molar-refractivity contribution is -0.144. The number of amides is 1. The lowest BCUT2D eigenvalue weighted by Crippen LogP contribution is -2.40. The maximum absolute atomic E-state index is 12.5. The second kappa shape index (κ2) is 8.19. The highest BCUT2D eigenvalue weighted by Crippen LogP contribution is 2.38. The van der Waals surface area contributed by atoms with Crippen LogP contribution in [0.4, 0.5) is 0 Å². The van der Waals surface area contributed by atoms with Gasteiger partial charge in [-0.05, 0) is 51.8 Å². The molecule has 6 nitrogen and oxygen atoms in total. The number of Topliss-reactive ketones (excluding diaryl/α,β-unsaturated/α-hetero) is 1. The molecular weight excluding hydrogens is 380 g/mol. The molecule has 1 aliphatic carbocycles. The fourth-order valence-corrected chi connectivity index (χ4v) is 3.49. The molecule has 0 radical (unpaired) electrons. The monoisotopic (exact) mass is 402 g/mol. The standard InChI is InChI=1S/C21H23ClN2O4/c1-12-10-17(14(3)24(12)15-8-9-15)19(25)11-28-21(27)13(2)23-20(26)16-6-4-5-7-18(16)22/h4-7,10,13,15H,8-9,11H2,1-3H3,(H,23,26). The predicted octanol–water partition coefficient (Wildman–Crippen LogP) is 3.64. The lowest BCUT2D eigenvalue weighted by atomic mass is 10.1. The van der Waals surface area contributed by atoms with Gasteiger partial charge in [0.05, 0.1) is 10.6 Å². The van der Waals surface area contributed by atoms with Crippen molar-refractivity contribution >= 4 is 29.3 Å². The summed E-state index contributed by atoms with van der Waals surface area (Å²) in [5.41, 5.74) is 2.79. The molecule has 1 aromatic carbocycles. The van der Waals surface area contributed by atoms with Crippen LogP contribution >= 0.6 is 11.6 Å². The van der Waals surface area contributed by atoms with Crippen molar-refractivity contribution in [3.8, 4) is 0 Å². The summed E-state index contributed by atoms with van der Waals surface area (Å²) in [6.45, 7) is 5.02. The second-order valence-corrected chi connectivity index (χ2v) is 7.50. The first-order valence-corrected chi connectivity index (χ1v) is 9.61. The highest BCUT2D eigenvalue weighted by molar-refractivity contribution is 6.33. The molecule has 1 unspecified atom stereocenters. The molecular formula is C21H23ClN2O4. The van der Waals surface area contributed by atoms with Crippen LogP contribution in [0.2, 0.25) is 5.02 Å². The molecule has 1 aromatic heterocycles. The van der Waals surface area contributed by atoms with Crippen LogP contribution in [0.3, 0.4) is 0 Å². The maximum atomic E-state index is 12.5. The number of nitrogens with one attached hydrogen (secondary N) is 1. The normalized spacial score (nSPS) is 14.4. The summed E-state index contributed by atoms with van der Waals surface area (Å²) in [6, 6.07) is 7.96. The summed E-state index contributed by atoms with van der Waals surface area (Å²) < 4.78 is 7.29. The number of benzene rings is 1. The Balaban J connectivity index is 1.56. The summed E-state index contributed by atoms with van der Waals surface area (Å²) in [4.78, 5) is 36.9. The van der Waals surface area contributed by atoms with Crippen LogP contribution in [-0.2, 0) is 9.53 Å². The number of rotatable bonds is 7. The molecule has 0 saturated heterocycles. The number of carbonyl (C=O) groups excluding carboxylic acids is 3. The molecule has 28 heavy (non-hydrogen) atoms. The molecule has 148 valence electrons. The van der Waals surface area contributed by atoms with Gasteiger partial charge in [0, 0.05) is 23.0 Å². The Bertz CT molecular complexity index is 930. The smallest absolute Gasteiger partial charge is 0.328 e. The number of ketones is 1. The van der Waals surface area contributed by atoms with Crippen molar-refractivity contribution in [3.05, 3.63) is 57.9 Å². The molecule has 0 aliphatic heterocycles. The highest BCUT2D eigenvalue weighted by atomic mass is 35.5. The molecule has 1 amide bonds. The van der Waals surface area contributed by atoms with Gasteiger partial charge < -0.3 is 14.6 Å². The topological polar surface area (TPSA) is 77.4 Å². The van der Waals surface area contributed by atoms with Crippen LogP contribution in [-0.4, -0.2) is 34.9 Å². The molecule has 2 aromatic rings. The van der Waals surface area contributed by atoms with Crippen molar-refractivity contribution in [2.45, 2.75) is 45.7 Å². The van der Waals surface area contributed by atoms with Gasteiger partial charge in [-0.25, -0.2) is 4.79 Å². The van der Waals surface area contributed by atoms with Crippen molar-refractivity contribution < 1.29 is 19.1 Å². The van der Waals surface area contributed by atoms with Crippen molar-refractivity contribution in [3.63, 3.8) is 0 Å². The van der Waals surface area contributed by atoms with Gasteiger partial charge >= 0.3 is 5.97 Å². The summed E-state index contributed by atoms with van der Waals surface area (Å²) in [5, 5.41) is 2.83. The minimum atomic E-state index is -0.907. The molecule has 1 atom stereocenters. The van der Waals surface area contributed by atoms with Crippen LogP contribution in [0.1, 0.15) is 57.9 Å². The minimum absolute atomic E-state index is 0.252. The Hall–Kier alpha value is -2.60. The van der Waals surface area contributed by atoms with E-state index in [1.807, 2.05) is 19.9 Å². The van der Waals surface area contributed by atoms with Crippen LogP contribution < -0.4 is 5.32 Å². The van der Waals surface area contributed by atoms with E-state index in [4.69, 9.17) is 16.3 Å². The van der Waals surface area contributed by atoms with Crippen LogP contribution in [0, 0.1) is 13.8 Å². The fourth-order valence-electron chi connectivity index (χ4n) is 3.27. The third-order valence-electron chi connectivity index (χ3n) is 4.86. The first kappa shape index (κ1) is 20.1.